The molecule has 0 spiro atoms. The Morgan fingerprint density at radius 1 is 0.744 bits per heavy atom. The third-order valence-corrected chi connectivity index (χ3v) is 7.29. The smallest absolute Gasteiger partial charge is 0.239 e. The van der Waals surface area contributed by atoms with E-state index >= 15 is 0 Å². The van der Waals surface area contributed by atoms with Crippen molar-refractivity contribution in [3.63, 3.8) is 0 Å². The van der Waals surface area contributed by atoms with Gasteiger partial charge in [-0.15, -0.1) is 0 Å². The van der Waals surface area contributed by atoms with E-state index in [1.807, 2.05) is 0 Å². The van der Waals surface area contributed by atoms with E-state index in [1.165, 1.54) is 13.0 Å². The zero-order valence-corrected chi connectivity index (χ0v) is 22.3. The molecular formula is C27H30O16. The Kier molecular flexibility index (Phi) is 8.41. The molecule has 0 bridgehead atoms. The third kappa shape index (κ3) is 5.55. The Morgan fingerprint density at radius 2 is 1.40 bits per heavy atom. The lowest BCUT2D eigenvalue weighted by Crippen LogP contribution is -2.60. The fourth-order valence-corrected chi connectivity index (χ4v) is 4.81. The van der Waals surface area contributed by atoms with E-state index in [9.17, 15) is 55.9 Å². The zero-order chi connectivity index (χ0) is 31.3. The lowest BCUT2D eigenvalue weighted by Gasteiger charge is -2.39. The maximum atomic E-state index is 13.7. The number of hydrogen-bond donors (Lipinski definition) is 10. The van der Waals surface area contributed by atoms with E-state index in [0.717, 1.165) is 24.3 Å². The van der Waals surface area contributed by atoms with Gasteiger partial charge < -0.3 is 74.4 Å². The average molecular weight is 611 g/mol. The number of fused-ring (bicyclic) bond motifs is 1. The van der Waals surface area contributed by atoms with Gasteiger partial charge in [-0.05, 0) is 25.1 Å². The molecular weight excluding hydrogens is 580 g/mol. The van der Waals surface area contributed by atoms with Crippen LogP contribution in [0.5, 0.6) is 28.7 Å². The van der Waals surface area contributed by atoms with E-state index < -0.39 is 108 Å². The van der Waals surface area contributed by atoms with Gasteiger partial charge in [-0.1, -0.05) is 0 Å². The summed E-state index contributed by atoms with van der Waals surface area (Å²) in [5.41, 5.74) is -1.40. The fourth-order valence-electron chi connectivity index (χ4n) is 4.81. The van der Waals surface area contributed by atoms with E-state index in [-0.39, 0.29) is 16.9 Å². The number of hydrogen-bond acceptors (Lipinski definition) is 16. The van der Waals surface area contributed by atoms with Crippen molar-refractivity contribution in [3.05, 3.63) is 40.6 Å². The average Bonchev–Trinajstić information content (AvgIpc) is 2.97. The molecule has 2 aliphatic rings. The minimum Gasteiger partial charge on any atom is -0.507 e. The zero-order valence-electron chi connectivity index (χ0n) is 22.3. The summed E-state index contributed by atoms with van der Waals surface area (Å²) in [6.45, 7) is 0.650. The van der Waals surface area contributed by atoms with E-state index in [0.29, 0.717) is 0 Å². The molecule has 10 atom stereocenters. The van der Waals surface area contributed by atoms with Crippen molar-refractivity contribution in [2.24, 2.45) is 0 Å². The molecule has 2 saturated heterocycles. The minimum absolute atomic E-state index is 0.0447. The molecule has 234 valence electrons. The van der Waals surface area contributed by atoms with Crippen LogP contribution in [-0.4, -0.2) is 119 Å². The van der Waals surface area contributed by atoms with Gasteiger partial charge in [0.25, 0.3) is 0 Å². The van der Waals surface area contributed by atoms with Crippen LogP contribution in [0.4, 0.5) is 0 Å². The first-order valence-corrected chi connectivity index (χ1v) is 13.0. The van der Waals surface area contributed by atoms with Gasteiger partial charge in [-0.2, -0.15) is 0 Å². The highest BCUT2D eigenvalue weighted by molar-refractivity contribution is 5.88. The standard InChI is InChI=1S/C27H30O16/c1-8-17(32)20(35)22(37)26(39-8)40-10-5-13(31)16-14(6-10)41-24(9-2-3-11(29)12(30)4-9)25(19(16)34)43-27-23(38)21(36)18(33)15(7-28)42-27/h2-6,8,15,17-18,20-23,26-33,35-38H,7H2,1H3/t8-,15+,17-,18+,20-,21-,22+,23+,26-,27-/m0/s1. The van der Waals surface area contributed by atoms with E-state index in [2.05, 4.69) is 0 Å². The quantitative estimate of drug-likeness (QED) is 0.135. The highest BCUT2D eigenvalue weighted by atomic mass is 16.7. The van der Waals surface area contributed by atoms with Gasteiger partial charge in [0.05, 0.1) is 12.7 Å². The van der Waals surface area contributed by atoms with Crippen LogP contribution in [-0.2, 0) is 9.47 Å². The maximum absolute atomic E-state index is 13.7. The summed E-state index contributed by atoms with van der Waals surface area (Å²) in [5, 5.41) is 101. The summed E-state index contributed by atoms with van der Waals surface area (Å²) in [5.74, 6) is -3.14. The third-order valence-electron chi connectivity index (χ3n) is 7.29. The Balaban J connectivity index is 1.61. The van der Waals surface area contributed by atoms with Crippen LogP contribution in [0.2, 0.25) is 0 Å². The van der Waals surface area contributed by atoms with Crippen LogP contribution < -0.4 is 14.9 Å². The Hall–Kier alpha value is -3.71. The monoisotopic (exact) mass is 610 g/mol. The van der Waals surface area contributed by atoms with Crippen molar-refractivity contribution in [3.8, 4) is 40.1 Å². The molecule has 0 aliphatic carbocycles. The number of phenols is 3. The van der Waals surface area contributed by atoms with Gasteiger partial charge in [0.1, 0.15) is 65.2 Å². The molecule has 16 nitrogen and oxygen atoms in total. The van der Waals surface area contributed by atoms with Crippen molar-refractivity contribution >= 4 is 11.0 Å². The SMILES string of the molecule is C[C@@H]1O[C@@H](Oc2cc(O)c3c(=O)c(O[C@@H]4O[C@H](CO)[C@@H](O)[C@H](O)[C@H]4O)c(-c4ccc(O)c(O)c4)oc3c2)[C@H](O)[C@@H](O)[C@H]1O. The van der Waals surface area contributed by atoms with E-state index in [4.69, 9.17) is 23.4 Å². The Morgan fingerprint density at radius 3 is 2.05 bits per heavy atom. The van der Waals surface area contributed by atoms with Crippen LogP contribution in [0.25, 0.3) is 22.3 Å². The van der Waals surface area contributed by atoms with Crippen molar-refractivity contribution in [1.82, 2.24) is 0 Å². The summed E-state index contributed by atoms with van der Waals surface area (Å²) in [6, 6.07) is 5.43. The van der Waals surface area contributed by atoms with Gasteiger partial charge in [-0.25, -0.2) is 0 Å². The molecule has 5 rings (SSSR count). The number of rotatable bonds is 6. The van der Waals surface area contributed by atoms with Gasteiger partial charge in [0.2, 0.25) is 23.8 Å². The van der Waals surface area contributed by atoms with Crippen LogP contribution in [0.1, 0.15) is 6.92 Å². The second-order valence-electron chi connectivity index (χ2n) is 10.2. The van der Waals surface area contributed by atoms with Crippen LogP contribution in [0.3, 0.4) is 0 Å². The topological polar surface area (TPSA) is 269 Å². The largest absolute Gasteiger partial charge is 0.507 e. The molecule has 0 amide bonds. The lowest BCUT2D eigenvalue weighted by atomic mass is 9.99. The number of benzene rings is 2. The molecule has 0 unspecified atom stereocenters. The molecule has 0 radical (unpaired) electrons. The van der Waals surface area contributed by atoms with Crippen molar-refractivity contribution in [1.29, 1.82) is 0 Å². The molecule has 43 heavy (non-hydrogen) atoms. The molecule has 3 aromatic rings. The number of phenolic OH excluding ortho intramolecular Hbond substituents is 3. The Bertz CT molecular complexity index is 1540. The van der Waals surface area contributed by atoms with Crippen LogP contribution >= 0.6 is 0 Å². The molecule has 1 aromatic heterocycles. The van der Waals surface area contributed by atoms with Gasteiger partial charge in [0.15, 0.2) is 17.3 Å². The molecule has 16 heteroatoms. The molecule has 2 fully saturated rings. The summed E-state index contributed by atoms with van der Waals surface area (Å²) >= 11 is 0. The van der Waals surface area contributed by atoms with Gasteiger partial charge in [-0.3, -0.25) is 4.79 Å². The first-order valence-electron chi connectivity index (χ1n) is 13.0. The molecule has 10 N–H and O–H groups in total. The maximum Gasteiger partial charge on any atom is 0.239 e. The summed E-state index contributed by atoms with van der Waals surface area (Å²) in [7, 11) is 0. The normalized spacial score (nSPS) is 32.9. The summed E-state index contributed by atoms with van der Waals surface area (Å²) < 4.78 is 27.8. The number of aliphatic hydroxyl groups excluding tert-OH is 7. The van der Waals surface area contributed by atoms with E-state index in [1.54, 1.807) is 0 Å². The van der Waals surface area contributed by atoms with Gasteiger partial charge in [0, 0.05) is 17.7 Å². The fraction of sp³-hybridized carbons (Fsp3) is 0.444. The molecule has 2 aromatic carbocycles. The van der Waals surface area contributed by atoms with Crippen LogP contribution in [0, 0.1) is 0 Å². The molecule has 3 heterocycles. The first-order chi connectivity index (χ1) is 20.3. The predicted octanol–water partition coefficient (Wildman–Crippen LogP) is -2.04. The van der Waals surface area contributed by atoms with Crippen molar-refractivity contribution in [2.45, 2.75) is 68.3 Å². The molecule has 0 saturated carbocycles. The van der Waals surface area contributed by atoms with Crippen molar-refractivity contribution < 1.29 is 74.4 Å². The highest BCUT2D eigenvalue weighted by Gasteiger charge is 2.46. The second-order valence-corrected chi connectivity index (χ2v) is 10.2. The Labute approximate surface area is 241 Å². The van der Waals surface area contributed by atoms with Crippen molar-refractivity contribution in [2.75, 3.05) is 6.61 Å². The number of aliphatic hydroxyl groups is 7. The first kappa shape index (κ1) is 30.7. The summed E-state index contributed by atoms with van der Waals surface area (Å²) in [6.07, 6.45) is -15.9. The van der Waals surface area contributed by atoms with Crippen LogP contribution in [0.15, 0.2) is 39.5 Å². The van der Waals surface area contributed by atoms with Gasteiger partial charge >= 0.3 is 0 Å². The highest BCUT2D eigenvalue weighted by Crippen LogP contribution is 2.40. The number of aromatic hydroxyl groups is 3. The lowest BCUT2D eigenvalue weighted by molar-refractivity contribution is -0.277. The predicted molar refractivity (Wildman–Crippen MR) is 140 cm³/mol. The number of ether oxygens (including phenoxy) is 4. The minimum atomic E-state index is -1.92. The summed E-state index contributed by atoms with van der Waals surface area (Å²) in [4.78, 5) is 13.7. The second kappa shape index (κ2) is 11.8. The molecule has 2 aliphatic heterocycles.